The minimum Gasteiger partial charge on any atom is -0.480 e. The second-order valence-corrected chi connectivity index (χ2v) is 3.85. The van der Waals surface area contributed by atoms with Gasteiger partial charge in [0.05, 0.1) is 0 Å². The predicted molar refractivity (Wildman–Crippen MR) is 68.5 cm³/mol. The van der Waals surface area contributed by atoms with E-state index in [0.717, 1.165) is 17.7 Å². The lowest BCUT2D eigenvalue weighted by atomic mass is 10.1. The number of carbonyl (C=O) groups is 1. The molecule has 1 heterocycles. The van der Waals surface area contributed by atoms with Gasteiger partial charge in [-0.15, -0.1) is 12.4 Å². The summed E-state index contributed by atoms with van der Waals surface area (Å²) >= 11 is 0. The Bertz CT molecular complexity index is 360. The van der Waals surface area contributed by atoms with Crippen molar-refractivity contribution in [3.8, 4) is 5.75 Å². The molecule has 0 fully saturated rings. The van der Waals surface area contributed by atoms with Gasteiger partial charge in [-0.3, -0.25) is 4.79 Å². The van der Waals surface area contributed by atoms with Crippen molar-refractivity contribution in [3.05, 3.63) is 29.8 Å². The monoisotopic (exact) mass is 256 g/mol. The molecule has 0 spiro atoms. The summed E-state index contributed by atoms with van der Waals surface area (Å²) in [7, 11) is 0. The molecule has 0 saturated heterocycles. The van der Waals surface area contributed by atoms with Gasteiger partial charge in [-0.25, -0.2) is 0 Å². The number of nitrogens with one attached hydrogen (secondary N) is 1. The molecular formula is C12H17ClN2O2. The minimum absolute atomic E-state index is 0. The molecule has 1 aromatic rings. The van der Waals surface area contributed by atoms with E-state index in [0.29, 0.717) is 19.5 Å². The van der Waals surface area contributed by atoms with Crippen molar-refractivity contribution in [1.82, 2.24) is 5.32 Å². The highest BCUT2D eigenvalue weighted by atomic mass is 35.5. The number of fused-ring (bicyclic) bond motifs is 1. The maximum Gasteiger partial charge on any atom is 0.261 e. The number of para-hydroxylation sites is 1. The van der Waals surface area contributed by atoms with Gasteiger partial charge >= 0.3 is 0 Å². The second-order valence-electron chi connectivity index (χ2n) is 3.85. The summed E-state index contributed by atoms with van der Waals surface area (Å²) in [5.74, 6) is 0.770. The van der Waals surface area contributed by atoms with Crippen LogP contribution >= 0.6 is 12.4 Å². The summed E-state index contributed by atoms with van der Waals surface area (Å²) in [4.78, 5) is 11.7. The maximum atomic E-state index is 11.7. The van der Waals surface area contributed by atoms with Gasteiger partial charge in [-0.1, -0.05) is 18.2 Å². The van der Waals surface area contributed by atoms with E-state index in [2.05, 4.69) is 5.32 Å². The van der Waals surface area contributed by atoms with Crippen molar-refractivity contribution in [2.75, 3.05) is 13.1 Å². The summed E-state index contributed by atoms with van der Waals surface area (Å²) in [5.41, 5.74) is 6.45. The van der Waals surface area contributed by atoms with E-state index in [9.17, 15) is 4.79 Å². The first kappa shape index (κ1) is 13.8. The Kier molecular flexibility index (Phi) is 5.25. The minimum atomic E-state index is -0.379. The Morgan fingerprint density at radius 1 is 1.47 bits per heavy atom. The first-order chi connectivity index (χ1) is 7.81. The third kappa shape index (κ3) is 3.35. The van der Waals surface area contributed by atoms with E-state index >= 15 is 0 Å². The average molecular weight is 257 g/mol. The quantitative estimate of drug-likeness (QED) is 0.786. The van der Waals surface area contributed by atoms with E-state index in [-0.39, 0.29) is 24.4 Å². The van der Waals surface area contributed by atoms with Gasteiger partial charge in [-0.2, -0.15) is 0 Å². The Morgan fingerprint density at radius 2 is 2.24 bits per heavy atom. The molecule has 1 amide bonds. The van der Waals surface area contributed by atoms with Gasteiger partial charge in [0.2, 0.25) is 0 Å². The molecule has 4 nitrogen and oxygen atoms in total. The third-order valence-corrected chi connectivity index (χ3v) is 2.62. The van der Waals surface area contributed by atoms with Gasteiger partial charge in [-0.05, 0) is 24.6 Å². The lowest BCUT2D eigenvalue weighted by Crippen LogP contribution is -2.38. The molecule has 0 aromatic heterocycles. The summed E-state index contributed by atoms with van der Waals surface area (Å²) < 4.78 is 5.56. The smallest absolute Gasteiger partial charge is 0.261 e. The Balaban J connectivity index is 0.00000144. The third-order valence-electron chi connectivity index (χ3n) is 2.62. The summed E-state index contributed by atoms with van der Waals surface area (Å²) in [6.45, 7) is 1.21. The molecule has 1 aromatic carbocycles. The molecule has 1 aliphatic heterocycles. The van der Waals surface area contributed by atoms with Crippen LogP contribution in [0.15, 0.2) is 24.3 Å². The summed E-state index contributed by atoms with van der Waals surface area (Å²) in [5, 5.41) is 2.82. The zero-order valence-corrected chi connectivity index (χ0v) is 10.3. The number of ether oxygens (including phenoxy) is 1. The van der Waals surface area contributed by atoms with Crippen LogP contribution in [0, 0.1) is 0 Å². The molecule has 1 aliphatic rings. The van der Waals surface area contributed by atoms with Crippen LogP contribution in [0.25, 0.3) is 0 Å². The van der Waals surface area contributed by atoms with Gasteiger partial charge in [0.25, 0.3) is 5.91 Å². The van der Waals surface area contributed by atoms with Crippen LogP contribution in [0.5, 0.6) is 5.75 Å². The van der Waals surface area contributed by atoms with Crippen LogP contribution in [0.1, 0.15) is 12.0 Å². The highest BCUT2D eigenvalue weighted by molar-refractivity contribution is 5.85. The first-order valence-electron chi connectivity index (χ1n) is 5.53. The van der Waals surface area contributed by atoms with Gasteiger partial charge in [0.15, 0.2) is 6.10 Å². The topological polar surface area (TPSA) is 64.3 Å². The normalized spacial score (nSPS) is 16.6. The maximum absolute atomic E-state index is 11.7. The largest absolute Gasteiger partial charge is 0.480 e. The van der Waals surface area contributed by atoms with Crippen molar-refractivity contribution >= 4 is 18.3 Å². The lowest BCUT2D eigenvalue weighted by molar-refractivity contribution is -0.127. The van der Waals surface area contributed by atoms with Crippen LogP contribution in [0.4, 0.5) is 0 Å². The van der Waals surface area contributed by atoms with Crippen molar-refractivity contribution < 1.29 is 9.53 Å². The number of amides is 1. The fourth-order valence-electron chi connectivity index (χ4n) is 1.76. The number of nitrogens with two attached hydrogens (primary N) is 1. The SMILES string of the molecule is Cl.NCCCNC(=O)C1Cc2ccccc2O1. The van der Waals surface area contributed by atoms with Crippen molar-refractivity contribution in [1.29, 1.82) is 0 Å². The Hall–Kier alpha value is -1.26. The van der Waals surface area contributed by atoms with Crippen molar-refractivity contribution in [2.45, 2.75) is 18.9 Å². The van der Waals surface area contributed by atoms with Crippen LogP contribution < -0.4 is 15.8 Å². The fraction of sp³-hybridized carbons (Fsp3) is 0.417. The number of hydrogen-bond donors (Lipinski definition) is 2. The highest BCUT2D eigenvalue weighted by Crippen LogP contribution is 2.27. The Labute approximate surface area is 107 Å². The molecule has 0 bridgehead atoms. The summed E-state index contributed by atoms with van der Waals surface area (Å²) in [6, 6.07) is 7.75. The van der Waals surface area contributed by atoms with Crippen molar-refractivity contribution in [2.24, 2.45) is 5.73 Å². The fourth-order valence-corrected chi connectivity index (χ4v) is 1.76. The molecular weight excluding hydrogens is 240 g/mol. The van der Waals surface area contributed by atoms with E-state index in [1.54, 1.807) is 0 Å². The molecule has 0 radical (unpaired) electrons. The molecule has 94 valence electrons. The zero-order chi connectivity index (χ0) is 11.4. The standard InChI is InChI=1S/C12H16N2O2.ClH/c13-6-3-7-14-12(15)11-8-9-4-1-2-5-10(9)16-11;/h1-2,4-5,11H,3,6-8,13H2,(H,14,15);1H. The second kappa shape index (κ2) is 6.47. The molecule has 2 rings (SSSR count). The van der Waals surface area contributed by atoms with Gasteiger partial charge < -0.3 is 15.8 Å². The van der Waals surface area contributed by atoms with Crippen LogP contribution in [0.3, 0.4) is 0 Å². The molecule has 5 heteroatoms. The average Bonchev–Trinajstić information content (AvgIpc) is 2.73. The molecule has 1 unspecified atom stereocenters. The number of hydrogen-bond acceptors (Lipinski definition) is 3. The molecule has 3 N–H and O–H groups in total. The number of benzene rings is 1. The van der Waals surface area contributed by atoms with E-state index in [4.69, 9.17) is 10.5 Å². The van der Waals surface area contributed by atoms with Crippen LogP contribution in [-0.4, -0.2) is 25.1 Å². The van der Waals surface area contributed by atoms with Gasteiger partial charge in [0.1, 0.15) is 5.75 Å². The first-order valence-corrected chi connectivity index (χ1v) is 5.53. The lowest BCUT2D eigenvalue weighted by Gasteiger charge is -2.10. The van der Waals surface area contributed by atoms with Crippen LogP contribution in [0.2, 0.25) is 0 Å². The Morgan fingerprint density at radius 3 is 2.94 bits per heavy atom. The van der Waals surface area contributed by atoms with Gasteiger partial charge in [0, 0.05) is 13.0 Å². The number of carbonyl (C=O) groups excluding carboxylic acids is 1. The van der Waals surface area contributed by atoms with E-state index in [1.807, 2.05) is 24.3 Å². The number of rotatable bonds is 4. The molecule has 0 aliphatic carbocycles. The van der Waals surface area contributed by atoms with Crippen molar-refractivity contribution in [3.63, 3.8) is 0 Å². The zero-order valence-electron chi connectivity index (χ0n) is 9.52. The van der Waals surface area contributed by atoms with E-state index in [1.165, 1.54) is 0 Å². The van der Waals surface area contributed by atoms with E-state index < -0.39 is 0 Å². The molecule has 17 heavy (non-hydrogen) atoms. The summed E-state index contributed by atoms with van der Waals surface area (Å²) in [6.07, 6.45) is 1.07. The predicted octanol–water partition coefficient (Wildman–Crippen LogP) is 0.877. The highest BCUT2D eigenvalue weighted by Gasteiger charge is 2.28. The molecule has 0 saturated carbocycles. The van der Waals surface area contributed by atoms with Crippen LogP contribution in [-0.2, 0) is 11.2 Å². The number of halogens is 1. The molecule has 1 atom stereocenters.